The Morgan fingerprint density at radius 1 is 1.15 bits per heavy atom. The molecule has 39 heavy (non-hydrogen) atoms. The standard InChI is InChI=1S/C30H40N6O3/c1-5-14-34-20-23(4)35(21-22(34)3)26-17-24(18-27(37)19-26)16-25-11-7-8-12-28(25)30-31-33-36(32-30)15-10-9-13-29(38)39-6-2/h5,7-8,11-12,17-19,22-23,37H,1,6,9-10,13-16,20-21H2,2-4H3/t22-,23+/m1/s1. The summed E-state index contributed by atoms with van der Waals surface area (Å²) in [7, 11) is 0. The first-order chi connectivity index (χ1) is 18.9. The number of benzene rings is 2. The van der Waals surface area contributed by atoms with Crippen LogP contribution >= 0.6 is 0 Å². The van der Waals surface area contributed by atoms with Gasteiger partial charge in [0.25, 0.3) is 0 Å². The second-order valence-corrected chi connectivity index (χ2v) is 10.3. The highest BCUT2D eigenvalue weighted by Crippen LogP contribution is 2.30. The number of rotatable bonds is 12. The molecule has 0 amide bonds. The Hall–Kier alpha value is -3.72. The summed E-state index contributed by atoms with van der Waals surface area (Å²) >= 11 is 0. The summed E-state index contributed by atoms with van der Waals surface area (Å²) in [6, 6.07) is 14.6. The fourth-order valence-corrected chi connectivity index (χ4v) is 5.22. The van der Waals surface area contributed by atoms with Gasteiger partial charge in [0.05, 0.1) is 13.2 Å². The predicted octanol–water partition coefficient (Wildman–Crippen LogP) is 4.45. The second-order valence-electron chi connectivity index (χ2n) is 10.3. The minimum atomic E-state index is -0.173. The molecular formula is C30H40N6O3. The van der Waals surface area contributed by atoms with Gasteiger partial charge in [-0.15, -0.1) is 16.8 Å². The van der Waals surface area contributed by atoms with Crippen molar-refractivity contribution in [2.24, 2.45) is 0 Å². The van der Waals surface area contributed by atoms with Crippen molar-refractivity contribution in [1.82, 2.24) is 25.1 Å². The van der Waals surface area contributed by atoms with Gasteiger partial charge in [0.1, 0.15) is 5.75 Å². The molecule has 9 heteroatoms. The van der Waals surface area contributed by atoms with Crippen molar-refractivity contribution in [3.63, 3.8) is 0 Å². The van der Waals surface area contributed by atoms with E-state index in [1.807, 2.05) is 43.3 Å². The number of hydrogen-bond acceptors (Lipinski definition) is 8. The number of aromatic nitrogens is 4. The first-order valence-corrected chi connectivity index (χ1v) is 13.8. The molecule has 1 aromatic heterocycles. The Labute approximate surface area is 231 Å². The third-order valence-electron chi connectivity index (χ3n) is 7.17. The molecule has 2 heterocycles. The molecule has 2 atom stereocenters. The molecule has 0 saturated carbocycles. The lowest BCUT2D eigenvalue weighted by Crippen LogP contribution is -2.56. The number of ether oxygens (including phenoxy) is 1. The number of nitrogens with zero attached hydrogens (tertiary/aromatic N) is 6. The zero-order valence-electron chi connectivity index (χ0n) is 23.3. The lowest BCUT2D eigenvalue weighted by molar-refractivity contribution is -0.143. The molecule has 3 aromatic rings. The molecule has 208 valence electrons. The van der Waals surface area contributed by atoms with E-state index in [2.05, 4.69) is 57.8 Å². The molecule has 0 unspecified atom stereocenters. The van der Waals surface area contributed by atoms with Crippen LogP contribution in [0.1, 0.15) is 51.2 Å². The molecule has 1 aliphatic rings. The van der Waals surface area contributed by atoms with Crippen molar-refractivity contribution in [3.8, 4) is 17.1 Å². The maximum absolute atomic E-state index is 11.5. The minimum absolute atomic E-state index is 0.173. The van der Waals surface area contributed by atoms with E-state index in [9.17, 15) is 9.90 Å². The quantitative estimate of drug-likeness (QED) is 0.208. The van der Waals surface area contributed by atoms with Gasteiger partial charge < -0.3 is 14.7 Å². The van der Waals surface area contributed by atoms with Crippen LogP contribution in [-0.4, -0.2) is 74.5 Å². The van der Waals surface area contributed by atoms with Gasteiger partial charge in [-0.1, -0.05) is 30.3 Å². The number of unbranched alkanes of at least 4 members (excludes halogenated alkanes) is 1. The van der Waals surface area contributed by atoms with Gasteiger partial charge in [0, 0.05) is 55.5 Å². The SMILES string of the molecule is C=CCN1C[C@H](C)N(c2cc(O)cc(Cc3ccccc3-c3nnn(CCCCC(=O)OCC)n3)c2)C[C@H]1C. The number of phenols is 1. The van der Waals surface area contributed by atoms with Crippen molar-refractivity contribution >= 4 is 11.7 Å². The zero-order chi connectivity index (χ0) is 27.8. The lowest BCUT2D eigenvalue weighted by atomic mass is 9.98. The maximum atomic E-state index is 11.5. The summed E-state index contributed by atoms with van der Waals surface area (Å²) in [5.41, 5.74) is 4.04. The first-order valence-electron chi connectivity index (χ1n) is 13.8. The van der Waals surface area contributed by atoms with Gasteiger partial charge in [0.15, 0.2) is 0 Å². The van der Waals surface area contributed by atoms with Crippen LogP contribution in [0.2, 0.25) is 0 Å². The fraction of sp³-hybridized carbons (Fsp3) is 0.467. The van der Waals surface area contributed by atoms with Crippen molar-refractivity contribution < 1.29 is 14.6 Å². The molecule has 0 spiro atoms. The van der Waals surface area contributed by atoms with Gasteiger partial charge in [-0.3, -0.25) is 9.69 Å². The summed E-state index contributed by atoms with van der Waals surface area (Å²) < 4.78 is 4.98. The van der Waals surface area contributed by atoms with Crippen LogP contribution in [0.25, 0.3) is 11.4 Å². The summed E-state index contributed by atoms with van der Waals surface area (Å²) in [6.07, 6.45) is 4.47. The molecule has 0 bridgehead atoms. The third-order valence-corrected chi connectivity index (χ3v) is 7.17. The molecule has 4 rings (SSSR count). The van der Waals surface area contributed by atoms with E-state index < -0.39 is 0 Å². The van der Waals surface area contributed by atoms with Gasteiger partial charge >= 0.3 is 5.97 Å². The average Bonchev–Trinajstić information content (AvgIpc) is 3.37. The molecule has 1 fully saturated rings. The summed E-state index contributed by atoms with van der Waals surface area (Å²) in [6.45, 7) is 13.9. The van der Waals surface area contributed by atoms with E-state index in [1.165, 1.54) is 0 Å². The van der Waals surface area contributed by atoms with Crippen molar-refractivity contribution in [2.45, 2.75) is 65.1 Å². The number of phenolic OH excluding ortho intramolecular Hbond substituents is 1. The Balaban J connectivity index is 1.46. The van der Waals surface area contributed by atoms with E-state index in [0.717, 1.165) is 48.4 Å². The largest absolute Gasteiger partial charge is 0.508 e. The topological polar surface area (TPSA) is 96.6 Å². The van der Waals surface area contributed by atoms with Crippen LogP contribution in [0.15, 0.2) is 55.1 Å². The number of anilines is 1. The lowest BCUT2D eigenvalue weighted by Gasteiger charge is -2.45. The highest BCUT2D eigenvalue weighted by atomic mass is 16.5. The van der Waals surface area contributed by atoms with E-state index >= 15 is 0 Å². The number of tetrazole rings is 1. The summed E-state index contributed by atoms with van der Waals surface area (Å²) in [5.74, 6) is 0.657. The molecular weight excluding hydrogens is 492 g/mol. The Morgan fingerprint density at radius 3 is 2.77 bits per heavy atom. The van der Waals surface area contributed by atoms with Crippen molar-refractivity contribution in [3.05, 3.63) is 66.2 Å². The van der Waals surface area contributed by atoms with Crippen LogP contribution in [0.5, 0.6) is 5.75 Å². The van der Waals surface area contributed by atoms with Crippen LogP contribution in [-0.2, 0) is 22.5 Å². The highest BCUT2D eigenvalue weighted by molar-refractivity contribution is 5.69. The number of piperazine rings is 1. The van der Waals surface area contributed by atoms with Crippen LogP contribution in [0.3, 0.4) is 0 Å². The number of aromatic hydroxyl groups is 1. The smallest absolute Gasteiger partial charge is 0.305 e. The first kappa shape index (κ1) is 28.3. The van der Waals surface area contributed by atoms with E-state index in [-0.39, 0.29) is 11.7 Å². The molecule has 2 aromatic carbocycles. The fourth-order valence-electron chi connectivity index (χ4n) is 5.22. The Bertz CT molecular complexity index is 1260. The van der Waals surface area contributed by atoms with Crippen LogP contribution < -0.4 is 4.90 Å². The Morgan fingerprint density at radius 2 is 1.97 bits per heavy atom. The number of aryl methyl sites for hydroxylation is 1. The molecule has 1 N–H and O–H groups in total. The summed E-state index contributed by atoms with van der Waals surface area (Å²) in [4.78, 5) is 17.9. The van der Waals surface area contributed by atoms with Crippen LogP contribution in [0, 0.1) is 0 Å². The number of carbonyl (C=O) groups excluding carboxylic acids is 1. The number of hydrogen-bond donors (Lipinski definition) is 1. The molecule has 0 radical (unpaired) electrons. The van der Waals surface area contributed by atoms with E-state index in [4.69, 9.17) is 4.74 Å². The third kappa shape index (κ3) is 7.44. The van der Waals surface area contributed by atoms with Gasteiger partial charge in [0.2, 0.25) is 5.82 Å². The Kier molecular flexibility index (Phi) is 9.70. The predicted molar refractivity (Wildman–Crippen MR) is 153 cm³/mol. The highest BCUT2D eigenvalue weighted by Gasteiger charge is 2.29. The normalized spacial score (nSPS) is 17.8. The zero-order valence-corrected chi connectivity index (χ0v) is 23.3. The van der Waals surface area contributed by atoms with Crippen LogP contribution in [0.4, 0.5) is 5.69 Å². The van der Waals surface area contributed by atoms with E-state index in [0.29, 0.717) is 50.3 Å². The van der Waals surface area contributed by atoms with Crippen molar-refractivity contribution in [2.75, 3.05) is 31.1 Å². The van der Waals surface area contributed by atoms with Gasteiger partial charge in [-0.05, 0) is 68.5 Å². The van der Waals surface area contributed by atoms with Gasteiger partial charge in [-0.25, -0.2) is 0 Å². The van der Waals surface area contributed by atoms with E-state index in [1.54, 1.807) is 4.80 Å². The second kappa shape index (κ2) is 13.4. The van der Waals surface area contributed by atoms with Gasteiger partial charge in [-0.2, -0.15) is 4.80 Å². The molecule has 1 saturated heterocycles. The molecule has 0 aliphatic carbocycles. The molecule has 1 aliphatic heterocycles. The average molecular weight is 533 g/mol. The van der Waals surface area contributed by atoms with Crippen molar-refractivity contribution in [1.29, 1.82) is 0 Å². The minimum Gasteiger partial charge on any atom is -0.508 e. The number of carbonyl (C=O) groups is 1. The summed E-state index contributed by atoms with van der Waals surface area (Å²) in [5, 5.41) is 23.7. The maximum Gasteiger partial charge on any atom is 0.305 e. The molecule has 9 nitrogen and oxygen atoms in total. The number of esters is 1. The monoisotopic (exact) mass is 532 g/mol.